The van der Waals surface area contributed by atoms with Crippen LogP contribution < -0.4 is 5.32 Å². The van der Waals surface area contributed by atoms with Crippen molar-refractivity contribution < 1.29 is 4.79 Å². The standard InChI is InChI=1S/C18H26ClNO/c1-18(2)11-4-3-10-16(18)17(21)20-15-9-5-7-14(13-15)8-6-12-19/h5,7,9,13,16H,3-4,6,8,10-12H2,1-2H3,(H,20,21). The van der Waals surface area contributed by atoms with E-state index in [1.165, 1.54) is 12.0 Å². The van der Waals surface area contributed by atoms with Gasteiger partial charge in [-0.1, -0.05) is 38.8 Å². The van der Waals surface area contributed by atoms with Crippen molar-refractivity contribution in [3.63, 3.8) is 0 Å². The minimum atomic E-state index is 0.110. The summed E-state index contributed by atoms with van der Waals surface area (Å²) in [6.45, 7) is 4.43. The molecule has 0 spiro atoms. The van der Waals surface area contributed by atoms with Crippen molar-refractivity contribution in [3.05, 3.63) is 29.8 Å². The molecule has 1 atom stereocenters. The summed E-state index contributed by atoms with van der Waals surface area (Å²) in [5.74, 6) is 0.972. The first-order valence-electron chi connectivity index (χ1n) is 7.99. The Morgan fingerprint density at radius 2 is 2.19 bits per heavy atom. The van der Waals surface area contributed by atoms with Crippen molar-refractivity contribution in [3.8, 4) is 0 Å². The molecule has 1 aliphatic carbocycles. The topological polar surface area (TPSA) is 29.1 Å². The number of alkyl halides is 1. The quantitative estimate of drug-likeness (QED) is 0.761. The number of benzene rings is 1. The number of anilines is 1. The molecule has 21 heavy (non-hydrogen) atoms. The molecule has 0 aromatic heterocycles. The number of carbonyl (C=O) groups excluding carboxylic acids is 1. The lowest BCUT2D eigenvalue weighted by atomic mass is 9.68. The van der Waals surface area contributed by atoms with Crippen LogP contribution in [0, 0.1) is 11.3 Å². The number of halogens is 1. The molecule has 0 heterocycles. The number of nitrogens with one attached hydrogen (secondary N) is 1. The molecule has 1 aromatic carbocycles. The minimum absolute atomic E-state index is 0.110. The second kappa shape index (κ2) is 7.31. The summed E-state index contributed by atoms with van der Waals surface area (Å²) in [6.07, 6.45) is 6.48. The molecular weight excluding hydrogens is 282 g/mol. The normalized spacial score (nSPS) is 21.0. The Hall–Kier alpha value is -1.02. The van der Waals surface area contributed by atoms with Gasteiger partial charge in [-0.25, -0.2) is 0 Å². The van der Waals surface area contributed by atoms with E-state index in [1.807, 2.05) is 12.1 Å². The fraction of sp³-hybridized carbons (Fsp3) is 0.611. The number of rotatable bonds is 5. The molecule has 1 N–H and O–H groups in total. The van der Waals surface area contributed by atoms with E-state index in [9.17, 15) is 4.79 Å². The van der Waals surface area contributed by atoms with E-state index in [0.29, 0.717) is 5.88 Å². The predicted molar refractivity (Wildman–Crippen MR) is 89.9 cm³/mol. The van der Waals surface area contributed by atoms with Gasteiger partial charge < -0.3 is 5.32 Å². The van der Waals surface area contributed by atoms with Crippen LogP contribution in [0.1, 0.15) is 51.5 Å². The lowest BCUT2D eigenvalue weighted by Gasteiger charge is -2.37. The Balaban J connectivity index is 2.02. The van der Waals surface area contributed by atoms with Crippen LogP contribution in [-0.2, 0) is 11.2 Å². The lowest BCUT2D eigenvalue weighted by molar-refractivity contribution is -0.124. The predicted octanol–water partition coefficient (Wildman–Crippen LogP) is 5.01. The molecule has 116 valence electrons. The van der Waals surface area contributed by atoms with Crippen molar-refractivity contribution in [1.82, 2.24) is 0 Å². The van der Waals surface area contributed by atoms with Crippen LogP contribution in [-0.4, -0.2) is 11.8 Å². The zero-order valence-electron chi connectivity index (χ0n) is 13.1. The molecule has 0 saturated heterocycles. The molecule has 2 rings (SSSR count). The SMILES string of the molecule is CC1(C)CCCCC1C(=O)Nc1cccc(CCCCl)c1. The first-order valence-corrected chi connectivity index (χ1v) is 8.52. The molecular formula is C18H26ClNO. The van der Waals surface area contributed by atoms with Gasteiger partial charge in [-0.15, -0.1) is 11.6 Å². The van der Waals surface area contributed by atoms with Crippen molar-refractivity contribution in [2.45, 2.75) is 52.4 Å². The highest BCUT2D eigenvalue weighted by Gasteiger charge is 2.37. The third kappa shape index (κ3) is 4.47. The number of carbonyl (C=O) groups is 1. The maximum Gasteiger partial charge on any atom is 0.228 e. The van der Waals surface area contributed by atoms with E-state index < -0.39 is 0 Å². The first kappa shape index (κ1) is 16.4. The van der Waals surface area contributed by atoms with Crippen LogP contribution in [0.4, 0.5) is 5.69 Å². The summed E-state index contributed by atoms with van der Waals surface area (Å²) >= 11 is 5.74. The van der Waals surface area contributed by atoms with Gasteiger partial charge >= 0.3 is 0 Å². The van der Waals surface area contributed by atoms with Gasteiger partial charge in [-0.3, -0.25) is 4.79 Å². The highest BCUT2D eigenvalue weighted by Crippen LogP contribution is 2.41. The zero-order valence-corrected chi connectivity index (χ0v) is 13.9. The van der Waals surface area contributed by atoms with E-state index in [4.69, 9.17) is 11.6 Å². The second-order valence-corrected chi connectivity index (χ2v) is 7.15. The average molecular weight is 308 g/mol. The highest BCUT2D eigenvalue weighted by atomic mass is 35.5. The summed E-state index contributed by atoms with van der Waals surface area (Å²) in [5.41, 5.74) is 2.25. The third-order valence-corrected chi connectivity index (χ3v) is 4.88. The Kier molecular flexibility index (Phi) is 5.69. The number of hydrogen-bond donors (Lipinski definition) is 1. The van der Waals surface area contributed by atoms with E-state index >= 15 is 0 Å². The van der Waals surface area contributed by atoms with Crippen LogP contribution in [0.2, 0.25) is 0 Å². The smallest absolute Gasteiger partial charge is 0.228 e. The van der Waals surface area contributed by atoms with Crippen LogP contribution >= 0.6 is 11.6 Å². The zero-order chi connectivity index (χ0) is 15.3. The van der Waals surface area contributed by atoms with Gasteiger partial charge in [-0.05, 0) is 48.8 Å². The van der Waals surface area contributed by atoms with Gasteiger partial charge in [0.1, 0.15) is 0 Å². The fourth-order valence-electron chi connectivity index (χ4n) is 3.28. The van der Waals surface area contributed by atoms with Gasteiger partial charge in [0, 0.05) is 17.5 Å². The summed E-state index contributed by atoms with van der Waals surface area (Å²) < 4.78 is 0. The Morgan fingerprint density at radius 3 is 2.90 bits per heavy atom. The van der Waals surface area contributed by atoms with Crippen molar-refractivity contribution in [1.29, 1.82) is 0 Å². The van der Waals surface area contributed by atoms with Gasteiger partial charge in [0.15, 0.2) is 0 Å². The lowest BCUT2D eigenvalue weighted by Crippen LogP contribution is -2.37. The first-order chi connectivity index (χ1) is 10.0. The van der Waals surface area contributed by atoms with E-state index in [1.54, 1.807) is 0 Å². The van der Waals surface area contributed by atoms with Crippen molar-refractivity contribution in [2.24, 2.45) is 11.3 Å². The summed E-state index contributed by atoms with van der Waals surface area (Å²) in [7, 11) is 0. The van der Waals surface area contributed by atoms with Crippen molar-refractivity contribution >= 4 is 23.2 Å². The van der Waals surface area contributed by atoms with Gasteiger partial charge in [0.25, 0.3) is 0 Å². The van der Waals surface area contributed by atoms with Crippen LogP contribution in [0.5, 0.6) is 0 Å². The van der Waals surface area contributed by atoms with Gasteiger partial charge in [0.05, 0.1) is 0 Å². The second-order valence-electron chi connectivity index (χ2n) is 6.77. The Bertz CT molecular complexity index is 484. The summed E-state index contributed by atoms with van der Waals surface area (Å²) in [5, 5.41) is 3.11. The molecule has 1 aromatic rings. The summed E-state index contributed by atoms with van der Waals surface area (Å²) in [4.78, 5) is 12.6. The maximum absolute atomic E-state index is 12.6. The molecule has 0 aliphatic heterocycles. The monoisotopic (exact) mass is 307 g/mol. The third-order valence-electron chi connectivity index (χ3n) is 4.62. The molecule has 2 nitrogen and oxygen atoms in total. The highest BCUT2D eigenvalue weighted by molar-refractivity contribution is 6.17. The van der Waals surface area contributed by atoms with Gasteiger partial charge in [-0.2, -0.15) is 0 Å². The molecule has 0 radical (unpaired) electrons. The Labute approximate surface area is 133 Å². The van der Waals surface area contributed by atoms with Crippen LogP contribution in [0.15, 0.2) is 24.3 Å². The molecule has 1 saturated carbocycles. The number of hydrogen-bond acceptors (Lipinski definition) is 1. The Morgan fingerprint density at radius 1 is 1.38 bits per heavy atom. The van der Waals surface area contributed by atoms with Crippen LogP contribution in [0.25, 0.3) is 0 Å². The molecule has 1 aliphatic rings. The molecule has 1 fully saturated rings. The molecule has 1 amide bonds. The van der Waals surface area contributed by atoms with Crippen LogP contribution in [0.3, 0.4) is 0 Å². The maximum atomic E-state index is 12.6. The largest absolute Gasteiger partial charge is 0.326 e. The summed E-state index contributed by atoms with van der Waals surface area (Å²) in [6, 6.07) is 8.14. The fourth-order valence-corrected chi connectivity index (χ4v) is 3.42. The van der Waals surface area contributed by atoms with E-state index in [-0.39, 0.29) is 17.2 Å². The number of aryl methyl sites for hydroxylation is 1. The molecule has 1 unspecified atom stereocenters. The minimum Gasteiger partial charge on any atom is -0.326 e. The van der Waals surface area contributed by atoms with Crippen molar-refractivity contribution in [2.75, 3.05) is 11.2 Å². The average Bonchev–Trinajstić information content (AvgIpc) is 2.45. The molecule has 0 bridgehead atoms. The van der Waals surface area contributed by atoms with E-state index in [0.717, 1.165) is 37.8 Å². The molecule has 3 heteroatoms. The number of amides is 1. The van der Waals surface area contributed by atoms with Gasteiger partial charge in [0.2, 0.25) is 5.91 Å². The van der Waals surface area contributed by atoms with E-state index in [2.05, 4.69) is 31.3 Å².